The molecule has 0 spiro atoms. The Morgan fingerprint density at radius 3 is 2.75 bits per heavy atom. The molecule has 4 heteroatoms. The number of rotatable bonds is 2. The van der Waals surface area contributed by atoms with Gasteiger partial charge < -0.3 is 0 Å². The van der Waals surface area contributed by atoms with Gasteiger partial charge in [-0.3, -0.25) is 0 Å². The van der Waals surface area contributed by atoms with Crippen LogP contribution in [0.25, 0.3) is 0 Å². The van der Waals surface area contributed by atoms with Gasteiger partial charge in [0.25, 0.3) is 0 Å². The van der Waals surface area contributed by atoms with E-state index < -0.39 is 21.4 Å². The third-order valence-electron chi connectivity index (χ3n) is 2.34. The summed E-state index contributed by atoms with van der Waals surface area (Å²) in [6.07, 6.45) is 10.8. The summed E-state index contributed by atoms with van der Waals surface area (Å²) in [6, 6.07) is 0. The molecule has 1 saturated carbocycles. The van der Waals surface area contributed by atoms with E-state index in [9.17, 15) is 0 Å². The Morgan fingerprint density at radius 2 is 2.08 bits per heavy atom. The van der Waals surface area contributed by atoms with Crippen molar-refractivity contribution < 1.29 is 0 Å². The molecule has 64 valence electrons. The molecular weight excluding hydrogens is 257 g/mol. The SMILES string of the molecule is c1nc[n]([Sn][CH]2CCCCC2)n1. The first kappa shape index (κ1) is 8.53. The van der Waals surface area contributed by atoms with Crippen LogP contribution in [0.4, 0.5) is 0 Å². The van der Waals surface area contributed by atoms with E-state index in [4.69, 9.17) is 0 Å². The van der Waals surface area contributed by atoms with Crippen LogP contribution in [-0.2, 0) is 0 Å². The molecule has 1 fully saturated rings. The number of nitrogens with zero attached hydrogens (tertiary/aromatic N) is 3. The van der Waals surface area contributed by atoms with Crippen LogP contribution in [-0.4, -0.2) is 34.4 Å². The maximum atomic E-state index is 4.19. The van der Waals surface area contributed by atoms with Crippen molar-refractivity contribution in [1.82, 2.24) is 13.0 Å². The summed E-state index contributed by atoms with van der Waals surface area (Å²) in [7, 11) is 0. The molecule has 0 N–H and O–H groups in total. The first-order valence-electron chi connectivity index (χ1n) is 4.56. The van der Waals surface area contributed by atoms with Crippen molar-refractivity contribution in [2.75, 3.05) is 0 Å². The molecule has 1 aromatic heterocycles. The van der Waals surface area contributed by atoms with Crippen molar-refractivity contribution >= 4 is 21.4 Å². The molecule has 0 unspecified atom stereocenters. The predicted molar refractivity (Wildman–Crippen MR) is 48.0 cm³/mol. The molecule has 1 aliphatic carbocycles. The minimum absolute atomic E-state index is 0.450. The molecule has 0 atom stereocenters. The van der Waals surface area contributed by atoms with Crippen LogP contribution >= 0.6 is 0 Å². The van der Waals surface area contributed by atoms with Crippen molar-refractivity contribution in [3.05, 3.63) is 12.7 Å². The zero-order valence-electron chi connectivity index (χ0n) is 7.11. The number of hydrogen-bond acceptors (Lipinski definition) is 2. The molecule has 1 heterocycles. The Balaban J connectivity index is 1.86. The summed E-state index contributed by atoms with van der Waals surface area (Å²) < 4.78 is 3.14. The molecule has 1 aliphatic rings. The van der Waals surface area contributed by atoms with Gasteiger partial charge in [-0.25, -0.2) is 0 Å². The maximum absolute atomic E-state index is 4.19. The normalized spacial score (nSPS) is 19.7. The van der Waals surface area contributed by atoms with Crippen LogP contribution in [0.2, 0.25) is 3.93 Å². The summed E-state index contributed by atoms with van der Waals surface area (Å²) in [4.78, 5) is 3.98. The molecule has 1 aromatic rings. The van der Waals surface area contributed by atoms with Crippen molar-refractivity contribution in [2.24, 2.45) is 0 Å². The molecule has 0 saturated heterocycles. The Morgan fingerprint density at radius 1 is 1.25 bits per heavy atom. The minimum atomic E-state index is -0.450. The fraction of sp³-hybridized carbons (Fsp3) is 0.750. The van der Waals surface area contributed by atoms with Gasteiger partial charge in [-0.05, 0) is 0 Å². The summed E-state index contributed by atoms with van der Waals surface area (Å²) >= 11 is -0.450. The van der Waals surface area contributed by atoms with Crippen LogP contribution < -0.4 is 0 Å². The van der Waals surface area contributed by atoms with Crippen LogP contribution in [0, 0.1) is 0 Å². The van der Waals surface area contributed by atoms with Gasteiger partial charge in [-0.15, -0.1) is 0 Å². The monoisotopic (exact) mass is 271 g/mol. The quantitative estimate of drug-likeness (QED) is 0.762. The average molecular weight is 270 g/mol. The van der Waals surface area contributed by atoms with Crippen molar-refractivity contribution in [3.63, 3.8) is 0 Å². The fourth-order valence-electron chi connectivity index (χ4n) is 1.69. The van der Waals surface area contributed by atoms with Gasteiger partial charge in [0.2, 0.25) is 0 Å². The molecule has 0 aromatic carbocycles. The first-order valence-corrected chi connectivity index (χ1v) is 7.49. The summed E-state index contributed by atoms with van der Waals surface area (Å²) in [5.41, 5.74) is 0. The van der Waals surface area contributed by atoms with Crippen LogP contribution in [0.1, 0.15) is 32.1 Å². The van der Waals surface area contributed by atoms with E-state index in [0.29, 0.717) is 0 Å². The van der Waals surface area contributed by atoms with E-state index in [0.717, 1.165) is 3.93 Å². The van der Waals surface area contributed by atoms with E-state index >= 15 is 0 Å². The Labute approximate surface area is 83.1 Å². The standard InChI is InChI=1S/C6H11.C2H2N3.Sn/c1-2-4-6-5-3-1;1-3-2-5-4-1;/h1H,2-6H2;1-2H;/q;-1;+1. The second-order valence-electron chi connectivity index (χ2n) is 3.30. The van der Waals surface area contributed by atoms with Crippen molar-refractivity contribution in [2.45, 2.75) is 36.0 Å². The van der Waals surface area contributed by atoms with Gasteiger partial charge in [0, 0.05) is 0 Å². The average Bonchev–Trinajstić information content (AvgIpc) is 2.59. The molecule has 2 radical (unpaired) electrons. The van der Waals surface area contributed by atoms with Gasteiger partial charge in [0.15, 0.2) is 0 Å². The molecule has 3 nitrogen and oxygen atoms in total. The van der Waals surface area contributed by atoms with Gasteiger partial charge in [0.05, 0.1) is 0 Å². The van der Waals surface area contributed by atoms with E-state index in [1.807, 2.05) is 6.33 Å². The zero-order chi connectivity index (χ0) is 8.23. The van der Waals surface area contributed by atoms with Gasteiger partial charge in [-0.2, -0.15) is 0 Å². The van der Waals surface area contributed by atoms with E-state index in [1.54, 1.807) is 6.33 Å². The number of hydrogen-bond donors (Lipinski definition) is 0. The van der Waals surface area contributed by atoms with Gasteiger partial charge in [-0.1, -0.05) is 0 Å². The van der Waals surface area contributed by atoms with Crippen molar-refractivity contribution in [1.29, 1.82) is 0 Å². The Bertz CT molecular complexity index is 216. The summed E-state index contributed by atoms with van der Waals surface area (Å²) in [6.45, 7) is 0. The molecule has 0 bridgehead atoms. The van der Waals surface area contributed by atoms with Crippen molar-refractivity contribution in [3.8, 4) is 0 Å². The third-order valence-corrected chi connectivity index (χ3v) is 6.44. The summed E-state index contributed by atoms with van der Waals surface area (Å²) in [5, 5.41) is 4.19. The Kier molecular flexibility index (Phi) is 3.02. The second kappa shape index (κ2) is 4.25. The number of aromatic nitrogens is 3. The van der Waals surface area contributed by atoms with Crippen LogP contribution in [0.15, 0.2) is 12.7 Å². The van der Waals surface area contributed by atoms with Gasteiger partial charge >= 0.3 is 83.1 Å². The molecular formula is C8H13N3Sn. The molecule has 12 heavy (non-hydrogen) atoms. The van der Waals surface area contributed by atoms with Gasteiger partial charge in [0.1, 0.15) is 0 Å². The third kappa shape index (κ3) is 2.21. The van der Waals surface area contributed by atoms with Crippen LogP contribution in [0.5, 0.6) is 0 Å². The first-order chi connectivity index (χ1) is 5.95. The Hall–Kier alpha value is -0.0613. The predicted octanol–water partition coefficient (Wildman–Crippen LogP) is 1.50. The summed E-state index contributed by atoms with van der Waals surface area (Å²) in [5.74, 6) is 0. The topological polar surface area (TPSA) is 30.7 Å². The van der Waals surface area contributed by atoms with E-state index in [2.05, 4.69) is 13.0 Å². The fourth-order valence-corrected chi connectivity index (χ4v) is 5.38. The molecule has 0 amide bonds. The van der Waals surface area contributed by atoms with Crippen LogP contribution in [0.3, 0.4) is 0 Å². The van der Waals surface area contributed by atoms with E-state index in [-0.39, 0.29) is 0 Å². The molecule has 2 rings (SSSR count). The second-order valence-corrected chi connectivity index (χ2v) is 7.68. The zero-order valence-corrected chi connectivity index (χ0v) is 9.96. The molecule has 0 aliphatic heterocycles. The van der Waals surface area contributed by atoms with E-state index in [1.165, 1.54) is 32.1 Å².